The molecule has 2 rings (SSSR count). The Kier molecular flexibility index (Phi) is 5.42. The molecule has 1 aromatic carbocycles. The Balaban J connectivity index is 2.01. The molecule has 1 fully saturated rings. The fourth-order valence-electron chi connectivity index (χ4n) is 3.14. The summed E-state index contributed by atoms with van der Waals surface area (Å²) in [7, 11) is 0. The first-order valence-electron chi connectivity index (χ1n) is 7.54. The molecule has 0 N–H and O–H groups in total. The number of rotatable bonds is 4. The van der Waals surface area contributed by atoms with Crippen LogP contribution < -0.4 is 0 Å². The summed E-state index contributed by atoms with van der Waals surface area (Å²) in [6, 6.07) is 4.23. The van der Waals surface area contributed by atoms with Crippen molar-refractivity contribution in [1.82, 2.24) is 0 Å². The minimum atomic E-state index is -4.29. The van der Waals surface area contributed by atoms with Crippen LogP contribution in [0.3, 0.4) is 0 Å². The van der Waals surface area contributed by atoms with Crippen molar-refractivity contribution < 1.29 is 13.2 Å². The molecular formula is C17H21F3S. The smallest absolute Gasteiger partial charge is 0.166 e. The Morgan fingerprint density at radius 2 is 1.81 bits per heavy atom. The molecule has 0 aromatic heterocycles. The maximum absolute atomic E-state index is 12.8. The topological polar surface area (TPSA) is 0 Å². The van der Waals surface area contributed by atoms with Crippen molar-refractivity contribution in [3.8, 4) is 0 Å². The lowest BCUT2D eigenvalue weighted by atomic mass is 9.85. The molecule has 0 amide bonds. The Hall–Kier alpha value is -0.900. The summed E-state index contributed by atoms with van der Waals surface area (Å²) in [5.74, 6) is 0.637. The first-order valence-corrected chi connectivity index (χ1v) is 7.95. The summed E-state index contributed by atoms with van der Waals surface area (Å²) in [4.78, 5) is 0.889. The van der Waals surface area contributed by atoms with Gasteiger partial charge < -0.3 is 0 Å². The first-order chi connectivity index (χ1) is 9.84. The van der Waals surface area contributed by atoms with E-state index in [0.717, 1.165) is 11.3 Å². The zero-order valence-electron chi connectivity index (χ0n) is 12.3. The quantitative estimate of drug-likeness (QED) is 0.624. The molecule has 0 aliphatic heterocycles. The highest BCUT2D eigenvalue weighted by atomic mass is 32.1. The number of alkyl halides is 3. The summed E-state index contributed by atoms with van der Waals surface area (Å²) in [5, 5.41) is 0. The third-order valence-corrected chi connectivity index (χ3v) is 4.42. The minimum absolute atomic E-state index is 0.483. The van der Waals surface area contributed by atoms with Gasteiger partial charge >= 0.3 is 6.18 Å². The van der Waals surface area contributed by atoms with Gasteiger partial charge in [0.25, 0.3) is 0 Å². The number of benzene rings is 1. The van der Waals surface area contributed by atoms with Crippen LogP contribution in [-0.4, -0.2) is 4.86 Å². The van der Waals surface area contributed by atoms with E-state index in [2.05, 4.69) is 0 Å². The summed E-state index contributed by atoms with van der Waals surface area (Å²) in [6.07, 6.45) is 3.32. The van der Waals surface area contributed by atoms with E-state index in [1.54, 1.807) is 6.92 Å². The molecule has 0 nitrogen and oxygen atoms in total. The van der Waals surface area contributed by atoms with E-state index in [1.807, 2.05) is 6.07 Å². The summed E-state index contributed by atoms with van der Waals surface area (Å²) >= 11 is 5.42. The number of aryl methyl sites for hydroxylation is 1. The molecule has 0 atom stereocenters. The normalized spacial score (nSPS) is 17.0. The molecule has 1 aliphatic rings. The second-order valence-corrected chi connectivity index (χ2v) is 6.71. The van der Waals surface area contributed by atoms with Crippen LogP contribution in [-0.2, 0) is 12.6 Å². The predicted molar refractivity (Wildman–Crippen MR) is 83.7 cm³/mol. The number of thiocarbonyl (C=S) groups is 1. The van der Waals surface area contributed by atoms with Crippen LogP contribution in [0.15, 0.2) is 18.2 Å². The van der Waals surface area contributed by atoms with Crippen LogP contribution in [0.25, 0.3) is 0 Å². The molecule has 0 unspecified atom stereocenters. The van der Waals surface area contributed by atoms with Crippen molar-refractivity contribution in [3.05, 3.63) is 34.9 Å². The van der Waals surface area contributed by atoms with E-state index in [4.69, 9.17) is 12.2 Å². The zero-order valence-corrected chi connectivity index (χ0v) is 13.1. The number of halogens is 3. The van der Waals surface area contributed by atoms with Gasteiger partial charge in [0.1, 0.15) is 0 Å². The Labute approximate surface area is 129 Å². The van der Waals surface area contributed by atoms with E-state index in [1.165, 1.54) is 44.2 Å². The molecule has 4 heteroatoms. The van der Waals surface area contributed by atoms with E-state index < -0.39 is 11.7 Å². The van der Waals surface area contributed by atoms with Gasteiger partial charge in [-0.3, -0.25) is 0 Å². The van der Waals surface area contributed by atoms with Crippen LogP contribution in [0.1, 0.15) is 55.2 Å². The van der Waals surface area contributed by atoms with Crippen LogP contribution in [0.5, 0.6) is 0 Å². The molecule has 0 heterocycles. The lowest BCUT2D eigenvalue weighted by Gasteiger charge is -2.21. The lowest BCUT2D eigenvalue weighted by Crippen LogP contribution is -2.13. The molecule has 116 valence electrons. The van der Waals surface area contributed by atoms with Crippen molar-refractivity contribution in [2.75, 3.05) is 0 Å². The van der Waals surface area contributed by atoms with E-state index in [-0.39, 0.29) is 0 Å². The molecule has 21 heavy (non-hydrogen) atoms. The van der Waals surface area contributed by atoms with Gasteiger partial charge in [-0.15, -0.1) is 0 Å². The Morgan fingerprint density at radius 3 is 2.43 bits per heavy atom. The molecule has 1 aliphatic carbocycles. The van der Waals surface area contributed by atoms with Gasteiger partial charge in [-0.05, 0) is 41.8 Å². The molecule has 0 saturated heterocycles. The van der Waals surface area contributed by atoms with Crippen molar-refractivity contribution in [3.63, 3.8) is 0 Å². The maximum atomic E-state index is 12.8. The van der Waals surface area contributed by atoms with E-state index >= 15 is 0 Å². The fraction of sp³-hybridized carbons (Fsp3) is 0.588. The second kappa shape index (κ2) is 6.91. The Bertz CT molecular complexity index is 499. The summed E-state index contributed by atoms with van der Waals surface area (Å²) in [6.45, 7) is 1.70. The molecule has 1 saturated carbocycles. The van der Waals surface area contributed by atoms with Crippen LogP contribution in [0, 0.1) is 12.8 Å². The highest BCUT2D eigenvalue weighted by Crippen LogP contribution is 2.31. The summed E-state index contributed by atoms with van der Waals surface area (Å²) < 4.78 is 38.5. The van der Waals surface area contributed by atoms with Crippen LogP contribution in [0.2, 0.25) is 0 Å². The van der Waals surface area contributed by atoms with Crippen molar-refractivity contribution >= 4 is 17.1 Å². The minimum Gasteiger partial charge on any atom is -0.166 e. The average Bonchev–Trinajstić information content (AvgIpc) is 2.37. The van der Waals surface area contributed by atoms with Gasteiger partial charge in [0.2, 0.25) is 0 Å². The molecule has 0 radical (unpaired) electrons. The van der Waals surface area contributed by atoms with E-state index in [0.29, 0.717) is 23.5 Å². The highest BCUT2D eigenvalue weighted by molar-refractivity contribution is 7.80. The van der Waals surface area contributed by atoms with Crippen LogP contribution >= 0.6 is 12.2 Å². The maximum Gasteiger partial charge on any atom is 0.416 e. The van der Waals surface area contributed by atoms with Gasteiger partial charge in [-0.25, -0.2) is 0 Å². The van der Waals surface area contributed by atoms with E-state index in [9.17, 15) is 13.2 Å². The second-order valence-electron chi connectivity index (χ2n) is 6.13. The van der Waals surface area contributed by atoms with Gasteiger partial charge in [-0.1, -0.05) is 56.0 Å². The molecule has 1 aromatic rings. The van der Waals surface area contributed by atoms with Crippen LogP contribution in [0.4, 0.5) is 13.2 Å². The van der Waals surface area contributed by atoms with Gasteiger partial charge in [0.05, 0.1) is 5.56 Å². The third-order valence-electron chi connectivity index (χ3n) is 4.11. The molecular weight excluding hydrogens is 293 g/mol. The highest BCUT2D eigenvalue weighted by Gasteiger charge is 2.30. The van der Waals surface area contributed by atoms with Gasteiger partial charge in [0.15, 0.2) is 0 Å². The zero-order chi connectivity index (χ0) is 15.5. The van der Waals surface area contributed by atoms with Crippen molar-refractivity contribution in [2.45, 2.75) is 58.0 Å². The van der Waals surface area contributed by atoms with Crippen molar-refractivity contribution in [1.29, 1.82) is 0 Å². The fourth-order valence-corrected chi connectivity index (χ4v) is 3.54. The first kappa shape index (κ1) is 16.5. The lowest BCUT2D eigenvalue weighted by molar-refractivity contribution is -0.137. The number of hydrogen-bond acceptors (Lipinski definition) is 1. The average molecular weight is 314 g/mol. The largest absolute Gasteiger partial charge is 0.416 e. The molecule has 0 bridgehead atoms. The standard InChI is InChI=1S/C17H21F3S/c1-12-7-14(9-15(8-12)17(18,19)20)11-16(21)10-13-5-3-2-4-6-13/h7-9,13H,2-6,10-11H2,1H3. The SMILES string of the molecule is Cc1cc(CC(=S)CC2CCCCC2)cc(C(F)(F)F)c1. The third kappa shape index (κ3) is 5.10. The molecule has 0 spiro atoms. The Morgan fingerprint density at radius 1 is 1.14 bits per heavy atom. The summed E-state index contributed by atoms with van der Waals surface area (Å²) in [5.41, 5.74) is 0.751. The van der Waals surface area contributed by atoms with Gasteiger partial charge in [0, 0.05) is 6.42 Å². The van der Waals surface area contributed by atoms with Gasteiger partial charge in [-0.2, -0.15) is 13.2 Å². The van der Waals surface area contributed by atoms with Crippen molar-refractivity contribution in [2.24, 2.45) is 5.92 Å². The monoisotopic (exact) mass is 314 g/mol. The number of hydrogen-bond donors (Lipinski definition) is 0. The predicted octanol–water partition coefficient (Wildman–Crippen LogP) is 5.90.